The number of carbonyl (C=O) groups is 1. The molecule has 8 nitrogen and oxygen atoms in total. The Morgan fingerprint density at radius 1 is 1.21 bits per heavy atom. The number of rotatable bonds is 4. The van der Waals surface area contributed by atoms with Gasteiger partial charge in [0, 0.05) is 44.7 Å². The molecule has 2 N–H and O–H groups in total. The molecule has 5 unspecified atom stereocenters. The summed E-state index contributed by atoms with van der Waals surface area (Å²) in [6.45, 7) is 2.57. The van der Waals surface area contributed by atoms with Crippen LogP contribution in [0.15, 0.2) is 21.6 Å². The Morgan fingerprint density at radius 3 is 2.54 bits per heavy atom. The van der Waals surface area contributed by atoms with Gasteiger partial charge in [-0.2, -0.15) is 0 Å². The van der Waals surface area contributed by atoms with Crippen molar-refractivity contribution in [2.24, 2.45) is 0 Å². The fourth-order valence-corrected chi connectivity index (χ4v) is 4.71. The highest BCUT2D eigenvalue weighted by Gasteiger charge is 2.46. The highest BCUT2D eigenvalue weighted by molar-refractivity contribution is 7.80. The molecule has 3 aliphatic rings. The average Bonchev–Trinajstić information content (AvgIpc) is 3.27. The van der Waals surface area contributed by atoms with E-state index in [4.69, 9.17) is 9.15 Å². The first-order valence-electron chi connectivity index (χ1n) is 9.64. The highest BCUT2D eigenvalue weighted by atomic mass is 32.1. The van der Waals surface area contributed by atoms with Gasteiger partial charge in [0.15, 0.2) is 11.0 Å². The van der Waals surface area contributed by atoms with Gasteiger partial charge in [-0.05, 0) is 12.5 Å². The van der Waals surface area contributed by atoms with Gasteiger partial charge < -0.3 is 29.2 Å². The van der Waals surface area contributed by atoms with Crippen molar-refractivity contribution in [3.8, 4) is 0 Å². The van der Waals surface area contributed by atoms with Crippen LogP contribution in [-0.4, -0.2) is 95.9 Å². The molecule has 0 spiro atoms. The topological polar surface area (TPSA) is 89.6 Å². The largest absolute Gasteiger partial charge is 0.442 e. The number of halogens is 1. The molecule has 3 fully saturated rings. The number of anilines is 1. The van der Waals surface area contributed by atoms with Gasteiger partial charge in [-0.15, -0.1) is 12.6 Å². The van der Waals surface area contributed by atoms with Gasteiger partial charge in [-0.3, -0.25) is 4.90 Å². The third-order valence-corrected chi connectivity index (χ3v) is 6.19. The average molecular weight is 415 g/mol. The highest BCUT2D eigenvalue weighted by Crippen LogP contribution is 2.32. The molecule has 3 heterocycles. The number of amides is 1. The Labute approximate surface area is 168 Å². The number of nitrogens with zero attached hydrogens (tertiary/aromatic N) is 3. The second-order valence-corrected chi connectivity index (χ2v) is 8.12. The standard InChI is InChI=1S/C18H26FN3O5S/c19-13-7-11(22-9-12(10-23)26-18(22)25)8-14(24)17(13)21-5-3-20(4-6-21)15-1-2-16(28)27-15/h1-2,11-14,17,23-24,28H,3-10H2. The van der Waals surface area contributed by atoms with E-state index in [1.54, 1.807) is 6.07 Å². The Morgan fingerprint density at radius 2 is 1.96 bits per heavy atom. The number of furan rings is 1. The molecule has 28 heavy (non-hydrogen) atoms. The number of hydrogen-bond acceptors (Lipinski definition) is 8. The van der Waals surface area contributed by atoms with Crippen LogP contribution in [0.25, 0.3) is 0 Å². The Hall–Kier alpha value is -1.49. The number of hydrogen-bond donors (Lipinski definition) is 3. The van der Waals surface area contributed by atoms with Crippen molar-refractivity contribution in [3.63, 3.8) is 0 Å². The number of aliphatic hydroxyl groups excluding tert-OH is 2. The molecule has 2 saturated heterocycles. The fraction of sp³-hybridized carbons (Fsp3) is 0.722. The van der Waals surface area contributed by atoms with Crippen molar-refractivity contribution in [2.45, 2.75) is 48.4 Å². The predicted octanol–water partition coefficient (Wildman–Crippen LogP) is 0.733. The zero-order chi connectivity index (χ0) is 19.8. The molecule has 0 aromatic carbocycles. The number of alkyl halides is 1. The lowest BCUT2D eigenvalue weighted by atomic mass is 9.85. The smallest absolute Gasteiger partial charge is 0.410 e. The van der Waals surface area contributed by atoms with Crippen molar-refractivity contribution < 1.29 is 28.6 Å². The van der Waals surface area contributed by atoms with Crippen LogP contribution in [0.3, 0.4) is 0 Å². The first kappa shape index (κ1) is 19.8. The Kier molecular flexibility index (Phi) is 5.73. The summed E-state index contributed by atoms with van der Waals surface area (Å²) in [5.74, 6) is 0.747. The third kappa shape index (κ3) is 3.83. The summed E-state index contributed by atoms with van der Waals surface area (Å²) in [6.07, 6.45) is -2.76. The third-order valence-electron chi connectivity index (χ3n) is 5.95. The lowest BCUT2D eigenvalue weighted by Gasteiger charge is -2.46. The van der Waals surface area contributed by atoms with E-state index >= 15 is 4.39 Å². The van der Waals surface area contributed by atoms with Gasteiger partial charge in [0.2, 0.25) is 0 Å². The van der Waals surface area contributed by atoms with Crippen LogP contribution in [-0.2, 0) is 4.74 Å². The van der Waals surface area contributed by atoms with Crippen molar-refractivity contribution in [1.82, 2.24) is 9.80 Å². The van der Waals surface area contributed by atoms with Crippen LogP contribution in [0.1, 0.15) is 12.8 Å². The van der Waals surface area contributed by atoms with E-state index in [-0.39, 0.29) is 19.6 Å². The first-order valence-corrected chi connectivity index (χ1v) is 10.1. The minimum Gasteiger partial charge on any atom is -0.442 e. The van der Waals surface area contributed by atoms with E-state index < -0.39 is 36.6 Å². The molecule has 10 heteroatoms. The monoisotopic (exact) mass is 415 g/mol. The summed E-state index contributed by atoms with van der Waals surface area (Å²) in [4.78, 5) is 17.5. The molecular formula is C18H26FN3O5S. The quantitative estimate of drug-likeness (QED) is 0.625. The molecule has 1 aliphatic carbocycles. The first-order chi connectivity index (χ1) is 13.5. The van der Waals surface area contributed by atoms with E-state index in [0.717, 1.165) is 5.88 Å². The number of ether oxygens (including phenoxy) is 1. The summed E-state index contributed by atoms with van der Waals surface area (Å²) in [5.41, 5.74) is 0. The molecule has 0 radical (unpaired) electrons. The van der Waals surface area contributed by atoms with Gasteiger partial charge >= 0.3 is 6.09 Å². The molecule has 1 amide bonds. The summed E-state index contributed by atoms with van der Waals surface area (Å²) in [6, 6.07) is 2.66. The van der Waals surface area contributed by atoms with Gasteiger partial charge in [0.05, 0.1) is 25.3 Å². The number of carbonyl (C=O) groups excluding carboxylic acids is 1. The van der Waals surface area contributed by atoms with Crippen LogP contribution in [0.2, 0.25) is 0 Å². The molecule has 1 aromatic heterocycles. The van der Waals surface area contributed by atoms with Crippen LogP contribution in [0.4, 0.5) is 15.1 Å². The maximum atomic E-state index is 15.0. The Balaban J connectivity index is 1.35. The second-order valence-electron chi connectivity index (χ2n) is 7.67. The van der Waals surface area contributed by atoms with Crippen LogP contribution in [0.5, 0.6) is 0 Å². The number of piperazine rings is 1. The molecule has 4 rings (SSSR count). The van der Waals surface area contributed by atoms with Gasteiger partial charge in [-0.1, -0.05) is 0 Å². The lowest BCUT2D eigenvalue weighted by molar-refractivity contribution is -0.0489. The maximum absolute atomic E-state index is 15.0. The SMILES string of the molecule is O=C1OC(CO)CN1C1CC(O)C(N2CCN(c3ccc(S)o3)CC2)C(F)C1. The molecule has 156 valence electrons. The zero-order valence-electron chi connectivity index (χ0n) is 15.5. The number of cyclic esters (lactones) is 1. The summed E-state index contributed by atoms with van der Waals surface area (Å²) in [7, 11) is 0. The van der Waals surface area contributed by atoms with E-state index in [2.05, 4.69) is 17.5 Å². The van der Waals surface area contributed by atoms with Gasteiger partial charge in [-0.25, -0.2) is 9.18 Å². The summed E-state index contributed by atoms with van der Waals surface area (Å²) < 4.78 is 25.6. The van der Waals surface area contributed by atoms with E-state index in [1.807, 2.05) is 11.0 Å². The Bertz CT molecular complexity index is 687. The molecule has 2 aliphatic heterocycles. The van der Waals surface area contributed by atoms with Crippen molar-refractivity contribution in [1.29, 1.82) is 0 Å². The maximum Gasteiger partial charge on any atom is 0.410 e. The minimum atomic E-state index is -1.24. The van der Waals surface area contributed by atoms with Crippen LogP contribution in [0, 0.1) is 0 Å². The molecule has 1 aromatic rings. The number of aliphatic hydroxyl groups is 2. The molecule has 0 bridgehead atoms. The zero-order valence-corrected chi connectivity index (χ0v) is 16.4. The van der Waals surface area contributed by atoms with Crippen molar-refractivity contribution in [3.05, 3.63) is 12.1 Å². The van der Waals surface area contributed by atoms with Gasteiger partial charge in [0.25, 0.3) is 0 Å². The molecule has 1 saturated carbocycles. The predicted molar refractivity (Wildman–Crippen MR) is 102 cm³/mol. The van der Waals surface area contributed by atoms with E-state index in [1.165, 1.54) is 4.90 Å². The van der Waals surface area contributed by atoms with Crippen molar-refractivity contribution in [2.75, 3.05) is 44.2 Å². The second kappa shape index (κ2) is 8.10. The molecular weight excluding hydrogens is 389 g/mol. The summed E-state index contributed by atoms with van der Waals surface area (Å²) >= 11 is 4.18. The van der Waals surface area contributed by atoms with Gasteiger partial charge in [0.1, 0.15) is 12.3 Å². The van der Waals surface area contributed by atoms with Crippen molar-refractivity contribution >= 4 is 24.6 Å². The summed E-state index contributed by atoms with van der Waals surface area (Å²) in [5, 5.41) is 20.4. The fourth-order valence-electron chi connectivity index (χ4n) is 4.54. The molecule has 5 atom stereocenters. The van der Waals surface area contributed by atoms with E-state index in [0.29, 0.717) is 37.7 Å². The van der Waals surface area contributed by atoms with E-state index in [9.17, 15) is 15.0 Å². The van der Waals surface area contributed by atoms with Crippen LogP contribution < -0.4 is 4.90 Å². The van der Waals surface area contributed by atoms with Crippen LogP contribution >= 0.6 is 12.6 Å². The number of thiol groups is 1. The normalized spacial score (nSPS) is 34.7. The lowest BCUT2D eigenvalue weighted by Crippen LogP contribution is -2.61. The minimum absolute atomic E-state index is 0.163.